The first-order valence-corrected chi connectivity index (χ1v) is 9.12. The maximum Gasteiger partial charge on any atom is 0.287 e. The largest absolute Gasteiger partial charge is 0.444 e. The molecule has 0 radical (unpaired) electrons. The molecule has 2 rings (SSSR count). The number of amides is 3. The van der Waals surface area contributed by atoms with Gasteiger partial charge >= 0.3 is 0 Å². The van der Waals surface area contributed by atoms with Crippen LogP contribution in [0, 0.1) is 20.8 Å². The number of anilines is 1. The van der Waals surface area contributed by atoms with Crippen LogP contribution in [0.4, 0.5) is 5.69 Å². The molecule has 0 spiro atoms. The number of rotatable bonds is 6. The molecule has 1 aromatic heterocycles. The molecule has 2 aromatic rings. The van der Waals surface area contributed by atoms with Gasteiger partial charge in [0.05, 0.1) is 13.1 Å². The summed E-state index contributed by atoms with van der Waals surface area (Å²) in [5, 5.41) is 5.31. The summed E-state index contributed by atoms with van der Waals surface area (Å²) in [6.45, 7) is 5.49. The summed E-state index contributed by atoms with van der Waals surface area (Å²) >= 11 is 3.11. The van der Waals surface area contributed by atoms with E-state index in [1.807, 2.05) is 32.9 Å². The first-order chi connectivity index (χ1) is 12.7. The molecule has 3 amide bonds. The number of nitrogens with zero attached hydrogens (tertiary/aromatic N) is 1. The normalized spacial score (nSPS) is 10.4. The summed E-state index contributed by atoms with van der Waals surface area (Å²) in [5.41, 5.74) is 3.80. The average Bonchev–Trinajstić information content (AvgIpc) is 3.02. The Hall–Kier alpha value is -2.61. The van der Waals surface area contributed by atoms with Crippen LogP contribution in [0.1, 0.15) is 27.2 Å². The van der Waals surface area contributed by atoms with Gasteiger partial charge in [-0.2, -0.15) is 0 Å². The van der Waals surface area contributed by atoms with Crippen LogP contribution in [0.2, 0.25) is 0 Å². The van der Waals surface area contributed by atoms with Crippen molar-refractivity contribution >= 4 is 39.3 Å². The fourth-order valence-electron chi connectivity index (χ4n) is 2.67. The van der Waals surface area contributed by atoms with E-state index < -0.39 is 5.91 Å². The second kappa shape index (κ2) is 8.85. The number of hydrogen-bond acceptors (Lipinski definition) is 4. The number of hydrogen-bond donors (Lipinski definition) is 2. The zero-order valence-electron chi connectivity index (χ0n) is 15.7. The molecule has 0 saturated heterocycles. The third-order valence-electron chi connectivity index (χ3n) is 3.95. The highest BCUT2D eigenvalue weighted by atomic mass is 79.9. The Balaban J connectivity index is 1.86. The number of benzene rings is 1. The van der Waals surface area contributed by atoms with Gasteiger partial charge in [-0.15, -0.1) is 0 Å². The number of likely N-dealkylation sites (N-methyl/N-ethyl adjacent to an activating group) is 1. The second-order valence-electron chi connectivity index (χ2n) is 6.36. The molecule has 0 saturated carbocycles. The van der Waals surface area contributed by atoms with Crippen molar-refractivity contribution in [3.63, 3.8) is 0 Å². The van der Waals surface area contributed by atoms with Crippen LogP contribution in [-0.2, 0) is 9.59 Å². The predicted octanol–water partition coefficient (Wildman–Crippen LogP) is 2.79. The van der Waals surface area contributed by atoms with Gasteiger partial charge in [-0.3, -0.25) is 14.4 Å². The molecule has 0 unspecified atom stereocenters. The lowest BCUT2D eigenvalue weighted by molar-refractivity contribution is -0.132. The summed E-state index contributed by atoms with van der Waals surface area (Å²) in [6, 6.07) is 7.05. The molecule has 7 nitrogen and oxygen atoms in total. The molecule has 0 fully saturated rings. The van der Waals surface area contributed by atoms with Crippen molar-refractivity contribution in [1.82, 2.24) is 10.2 Å². The van der Waals surface area contributed by atoms with Crippen LogP contribution in [0.25, 0.3) is 0 Å². The third kappa shape index (κ3) is 5.68. The second-order valence-corrected chi connectivity index (χ2v) is 7.14. The van der Waals surface area contributed by atoms with E-state index in [2.05, 4.69) is 26.6 Å². The molecule has 1 heterocycles. The molecule has 0 aliphatic rings. The molecular formula is C19H22BrN3O4. The highest BCUT2D eigenvalue weighted by molar-refractivity contribution is 9.10. The minimum absolute atomic E-state index is 0.0976. The lowest BCUT2D eigenvalue weighted by atomic mass is 10.1. The van der Waals surface area contributed by atoms with Crippen molar-refractivity contribution < 1.29 is 18.8 Å². The van der Waals surface area contributed by atoms with E-state index >= 15 is 0 Å². The van der Waals surface area contributed by atoms with Crippen molar-refractivity contribution in [1.29, 1.82) is 0 Å². The molecule has 8 heteroatoms. The SMILES string of the molecule is Cc1cc(C)c(NC(=O)CN(C)C(=O)CNC(=O)c2ccc(Br)o2)c(C)c1. The van der Waals surface area contributed by atoms with E-state index in [1.165, 1.54) is 18.0 Å². The van der Waals surface area contributed by atoms with Crippen molar-refractivity contribution in [2.45, 2.75) is 20.8 Å². The fraction of sp³-hybridized carbons (Fsp3) is 0.316. The average molecular weight is 436 g/mol. The Morgan fingerprint density at radius 3 is 2.30 bits per heavy atom. The smallest absolute Gasteiger partial charge is 0.287 e. The summed E-state index contributed by atoms with van der Waals surface area (Å²) < 4.78 is 5.54. The first kappa shape index (κ1) is 20.7. The standard InChI is InChI=1S/C19H22BrN3O4/c1-11-7-12(2)18(13(3)8-11)22-16(24)10-23(4)17(25)9-21-19(26)14-5-6-15(20)27-14/h5-8H,9-10H2,1-4H3,(H,21,26)(H,22,24). The Kier molecular flexibility index (Phi) is 6.79. The number of halogens is 1. The maximum atomic E-state index is 12.3. The van der Waals surface area contributed by atoms with Gasteiger partial charge in [0.2, 0.25) is 11.8 Å². The monoisotopic (exact) mass is 435 g/mol. The predicted molar refractivity (Wildman–Crippen MR) is 106 cm³/mol. The summed E-state index contributed by atoms with van der Waals surface area (Å²) in [4.78, 5) is 37.5. The van der Waals surface area contributed by atoms with Crippen LogP contribution in [0.15, 0.2) is 33.4 Å². The summed E-state index contributed by atoms with van der Waals surface area (Å²) in [6.07, 6.45) is 0. The van der Waals surface area contributed by atoms with E-state index in [1.54, 1.807) is 6.07 Å². The number of furan rings is 1. The minimum Gasteiger partial charge on any atom is -0.444 e. The van der Waals surface area contributed by atoms with Gasteiger partial charge < -0.3 is 20.0 Å². The maximum absolute atomic E-state index is 12.3. The van der Waals surface area contributed by atoms with Gasteiger partial charge in [-0.1, -0.05) is 17.7 Å². The van der Waals surface area contributed by atoms with Crippen LogP contribution in [0.3, 0.4) is 0 Å². The van der Waals surface area contributed by atoms with Crippen LogP contribution >= 0.6 is 15.9 Å². The van der Waals surface area contributed by atoms with Crippen molar-refractivity contribution in [3.05, 3.63) is 51.4 Å². The molecule has 144 valence electrons. The quantitative estimate of drug-likeness (QED) is 0.729. The zero-order valence-corrected chi connectivity index (χ0v) is 17.3. The molecule has 0 atom stereocenters. The van der Waals surface area contributed by atoms with Crippen LogP contribution in [0.5, 0.6) is 0 Å². The highest BCUT2D eigenvalue weighted by Crippen LogP contribution is 2.21. The third-order valence-corrected chi connectivity index (χ3v) is 4.37. The van der Waals surface area contributed by atoms with E-state index in [0.717, 1.165) is 22.4 Å². The topological polar surface area (TPSA) is 91.7 Å². The van der Waals surface area contributed by atoms with E-state index in [0.29, 0.717) is 4.67 Å². The molecule has 0 bridgehead atoms. The van der Waals surface area contributed by atoms with E-state index in [-0.39, 0.29) is 30.7 Å². The van der Waals surface area contributed by atoms with Gasteiger partial charge in [-0.25, -0.2) is 0 Å². The van der Waals surface area contributed by atoms with E-state index in [9.17, 15) is 14.4 Å². The lowest BCUT2D eigenvalue weighted by Gasteiger charge is -2.18. The van der Waals surface area contributed by atoms with Crippen molar-refractivity contribution in [2.24, 2.45) is 0 Å². The number of carbonyl (C=O) groups excluding carboxylic acids is 3. The van der Waals surface area contributed by atoms with Crippen molar-refractivity contribution in [3.8, 4) is 0 Å². The summed E-state index contributed by atoms with van der Waals surface area (Å²) in [7, 11) is 1.51. The number of nitrogens with one attached hydrogen (secondary N) is 2. The molecule has 0 aliphatic heterocycles. The first-order valence-electron chi connectivity index (χ1n) is 8.32. The van der Waals surface area contributed by atoms with Crippen molar-refractivity contribution in [2.75, 3.05) is 25.5 Å². The lowest BCUT2D eigenvalue weighted by Crippen LogP contribution is -2.41. The minimum atomic E-state index is -0.502. The molecular weight excluding hydrogens is 414 g/mol. The van der Waals surface area contributed by atoms with Gasteiger partial charge in [0.15, 0.2) is 10.4 Å². The Bertz CT molecular complexity index is 853. The van der Waals surface area contributed by atoms with E-state index in [4.69, 9.17) is 4.42 Å². The molecule has 1 aromatic carbocycles. The molecule has 0 aliphatic carbocycles. The molecule has 27 heavy (non-hydrogen) atoms. The van der Waals surface area contributed by atoms with Gasteiger partial charge in [0.25, 0.3) is 5.91 Å². The van der Waals surface area contributed by atoms with Gasteiger partial charge in [0, 0.05) is 12.7 Å². The van der Waals surface area contributed by atoms with Crippen LogP contribution in [-0.4, -0.2) is 42.8 Å². The Labute approximate surface area is 166 Å². The summed E-state index contributed by atoms with van der Waals surface area (Å²) in [5.74, 6) is -1.10. The van der Waals surface area contributed by atoms with Gasteiger partial charge in [-0.05, 0) is 60.0 Å². The molecule has 2 N–H and O–H groups in total. The Morgan fingerprint density at radius 1 is 1.11 bits per heavy atom. The van der Waals surface area contributed by atoms with Gasteiger partial charge in [0.1, 0.15) is 0 Å². The zero-order chi connectivity index (χ0) is 20.1. The number of aryl methyl sites for hydroxylation is 3. The fourth-order valence-corrected chi connectivity index (χ4v) is 2.98. The van der Waals surface area contributed by atoms with Crippen LogP contribution < -0.4 is 10.6 Å². The number of carbonyl (C=O) groups is 3. The highest BCUT2D eigenvalue weighted by Gasteiger charge is 2.17. The Morgan fingerprint density at radius 2 is 1.74 bits per heavy atom.